The van der Waals surface area contributed by atoms with Crippen LogP contribution in [0.2, 0.25) is 5.02 Å². The number of halogens is 1. The van der Waals surface area contributed by atoms with E-state index in [0.717, 1.165) is 37.8 Å². The summed E-state index contributed by atoms with van der Waals surface area (Å²) in [7, 11) is -3.46. The molecule has 1 saturated heterocycles. The number of nitrogens with one attached hydrogen (secondary N) is 2. The van der Waals surface area contributed by atoms with Crippen LogP contribution in [0.15, 0.2) is 48.5 Å². The topological polar surface area (TPSA) is 78.5 Å². The van der Waals surface area contributed by atoms with Crippen LogP contribution in [0, 0.1) is 0 Å². The molecular formula is C23H28ClN3O3S. The van der Waals surface area contributed by atoms with Gasteiger partial charge in [0.25, 0.3) is 0 Å². The summed E-state index contributed by atoms with van der Waals surface area (Å²) >= 11 is 6.16. The van der Waals surface area contributed by atoms with Gasteiger partial charge in [0.1, 0.15) is 0 Å². The van der Waals surface area contributed by atoms with E-state index >= 15 is 0 Å². The molecule has 1 saturated carbocycles. The Morgan fingerprint density at radius 2 is 1.81 bits per heavy atom. The van der Waals surface area contributed by atoms with E-state index in [1.165, 1.54) is 18.4 Å². The zero-order valence-electron chi connectivity index (χ0n) is 17.6. The SMILES string of the molecule is CS(=O)(=O)Nc1cc(C2(C(=O)NCC(c3ccccc3)N3CCCC3)CC2)ccc1Cl. The van der Waals surface area contributed by atoms with Gasteiger partial charge in [-0.15, -0.1) is 0 Å². The van der Waals surface area contributed by atoms with Crippen molar-refractivity contribution in [3.63, 3.8) is 0 Å². The average molecular weight is 462 g/mol. The largest absolute Gasteiger partial charge is 0.353 e. The maximum Gasteiger partial charge on any atom is 0.230 e. The van der Waals surface area contributed by atoms with Crippen LogP contribution < -0.4 is 10.0 Å². The molecule has 0 aromatic heterocycles. The highest BCUT2D eigenvalue weighted by Gasteiger charge is 2.51. The molecule has 0 bridgehead atoms. The fraction of sp³-hybridized carbons (Fsp3) is 0.435. The first-order valence-corrected chi connectivity index (χ1v) is 12.9. The van der Waals surface area contributed by atoms with E-state index < -0.39 is 15.4 Å². The second kappa shape index (κ2) is 8.81. The molecule has 2 fully saturated rings. The Hall–Kier alpha value is -2.09. The van der Waals surface area contributed by atoms with Crippen molar-refractivity contribution in [2.45, 2.75) is 37.1 Å². The number of anilines is 1. The highest BCUT2D eigenvalue weighted by atomic mass is 35.5. The second-order valence-electron chi connectivity index (χ2n) is 8.53. The number of carbonyl (C=O) groups excluding carboxylic acids is 1. The molecule has 1 heterocycles. The summed E-state index contributed by atoms with van der Waals surface area (Å²) in [4.78, 5) is 15.7. The van der Waals surface area contributed by atoms with Gasteiger partial charge in [-0.25, -0.2) is 8.42 Å². The van der Waals surface area contributed by atoms with Crippen molar-refractivity contribution in [3.8, 4) is 0 Å². The summed E-state index contributed by atoms with van der Waals surface area (Å²) in [5, 5.41) is 3.50. The Morgan fingerprint density at radius 1 is 1.13 bits per heavy atom. The van der Waals surface area contributed by atoms with Crippen LogP contribution in [0.3, 0.4) is 0 Å². The third-order valence-corrected chi connectivity index (χ3v) is 7.14. The minimum absolute atomic E-state index is 0.0137. The van der Waals surface area contributed by atoms with Gasteiger partial charge in [-0.2, -0.15) is 0 Å². The minimum Gasteiger partial charge on any atom is -0.353 e. The van der Waals surface area contributed by atoms with E-state index in [0.29, 0.717) is 17.3 Å². The van der Waals surface area contributed by atoms with Crippen LogP contribution in [-0.4, -0.2) is 45.1 Å². The molecule has 2 aliphatic rings. The van der Waals surface area contributed by atoms with E-state index in [2.05, 4.69) is 27.1 Å². The van der Waals surface area contributed by atoms with Gasteiger partial charge >= 0.3 is 0 Å². The predicted octanol–water partition coefficient (Wildman–Crippen LogP) is 3.70. The van der Waals surface area contributed by atoms with Gasteiger partial charge < -0.3 is 5.32 Å². The van der Waals surface area contributed by atoms with Gasteiger partial charge in [0.2, 0.25) is 15.9 Å². The Kier molecular flexibility index (Phi) is 6.28. The monoisotopic (exact) mass is 461 g/mol. The normalized spacial score (nSPS) is 19.0. The van der Waals surface area contributed by atoms with Crippen molar-refractivity contribution in [2.24, 2.45) is 0 Å². The van der Waals surface area contributed by atoms with E-state index in [1.807, 2.05) is 24.3 Å². The molecule has 1 aliphatic carbocycles. The van der Waals surface area contributed by atoms with E-state index in [-0.39, 0.29) is 11.9 Å². The molecule has 166 valence electrons. The number of rotatable bonds is 8. The van der Waals surface area contributed by atoms with Crippen LogP contribution >= 0.6 is 11.6 Å². The van der Waals surface area contributed by atoms with Gasteiger partial charge in [0, 0.05) is 6.54 Å². The molecule has 1 atom stereocenters. The number of hydrogen-bond donors (Lipinski definition) is 2. The lowest BCUT2D eigenvalue weighted by Gasteiger charge is -2.29. The number of sulfonamides is 1. The highest BCUT2D eigenvalue weighted by Crippen LogP contribution is 2.49. The summed E-state index contributed by atoms with van der Waals surface area (Å²) in [6.45, 7) is 2.63. The predicted molar refractivity (Wildman–Crippen MR) is 124 cm³/mol. The molecule has 1 aliphatic heterocycles. The van der Waals surface area contributed by atoms with Crippen LogP contribution in [0.4, 0.5) is 5.69 Å². The number of hydrogen-bond acceptors (Lipinski definition) is 4. The number of benzene rings is 2. The van der Waals surface area contributed by atoms with Crippen LogP contribution in [0.1, 0.15) is 42.9 Å². The molecular weight excluding hydrogens is 434 g/mol. The smallest absolute Gasteiger partial charge is 0.230 e. The third kappa shape index (κ3) is 5.05. The van der Waals surface area contributed by atoms with Gasteiger partial charge in [-0.1, -0.05) is 48.0 Å². The van der Waals surface area contributed by atoms with Crippen molar-refractivity contribution >= 4 is 33.2 Å². The van der Waals surface area contributed by atoms with E-state index in [4.69, 9.17) is 11.6 Å². The van der Waals surface area contributed by atoms with E-state index in [9.17, 15) is 13.2 Å². The van der Waals surface area contributed by atoms with Gasteiger partial charge in [-0.3, -0.25) is 14.4 Å². The lowest BCUT2D eigenvalue weighted by Crippen LogP contribution is -2.41. The van der Waals surface area contributed by atoms with Crippen molar-refractivity contribution in [1.29, 1.82) is 0 Å². The molecule has 2 N–H and O–H groups in total. The quantitative estimate of drug-likeness (QED) is 0.628. The van der Waals surface area contributed by atoms with E-state index in [1.54, 1.807) is 12.1 Å². The summed E-state index contributed by atoms with van der Waals surface area (Å²) in [5.41, 5.74) is 1.68. The number of carbonyl (C=O) groups is 1. The summed E-state index contributed by atoms with van der Waals surface area (Å²) < 4.78 is 25.7. The molecule has 0 spiro atoms. The molecule has 31 heavy (non-hydrogen) atoms. The minimum atomic E-state index is -3.46. The number of likely N-dealkylation sites (tertiary alicyclic amines) is 1. The Labute approximate surface area is 189 Å². The standard InChI is InChI=1S/C23H28ClN3O3S/c1-31(29,30)26-20-15-18(9-10-19(20)24)23(11-12-23)22(28)25-16-21(27-13-5-6-14-27)17-7-3-2-4-8-17/h2-4,7-10,15,21,26H,5-6,11-14,16H2,1H3,(H,25,28). The first-order chi connectivity index (χ1) is 14.8. The molecule has 8 heteroatoms. The van der Waals surface area contributed by atoms with Gasteiger partial charge in [-0.05, 0) is 62.0 Å². The van der Waals surface area contributed by atoms with Gasteiger partial charge in [0.05, 0.1) is 28.4 Å². The van der Waals surface area contributed by atoms with Crippen LogP contribution in [0.25, 0.3) is 0 Å². The highest BCUT2D eigenvalue weighted by molar-refractivity contribution is 7.92. The molecule has 0 radical (unpaired) electrons. The molecule has 1 amide bonds. The maximum absolute atomic E-state index is 13.3. The summed E-state index contributed by atoms with van der Waals surface area (Å²) in [6.07, 6.45) is 4.92. The number of amides is 1. The third-order valence-electron chi connectivity index (χ3n) is 6.22. The number of nitrogens with zero attached hydrogens (tertiary/aromatic N) is 1. The van der Waals surface area contributed by atoms with Crippen LogP contribution in [-0.2, 0) is 20.2 Å². The zero-order valence-corrected chi connectivity index (χ0v) is 19.2. The van der Waals surface area contributed by atoms with Crippen molar-refractivity contribution in [1.82, 2.24) is 10.2 Å². The Morgan fingerprint density at radius 3 is 2.42 bits per heavy atom. The molecule has 2 aromatic rings. The molecule has 4 rings (SSSR count). The zero-order chi connectivity index (χ0) is 22.1. The lowest BCUT2D eigenvalue weighted by atomic mass is 9.94. The Bertz CT molecular complexity index is 1050. The second-order valence-corrected chi connectivity index (χ2v) is 10.7. The van der Waals surface area contributed by atoms with Gasteiger partial charge in [0.15, 0.2) is 0 Å². The first-order valence-electron chi connectivity index (χ1n) is 10.6. The fourth-order valence-electron chi connectivity index (χ4n) is 4.42. The molecule has 2 aromatic carbocycles. The average Bonchev–Trinajstić information content (AvgIpc) is 3.37. The van der Waals surface area contributed by atoms with Crippen molar-refractivity contribution in [3.05, 3.63) is 64.7 Å². The van der Waals surface area contributed by atoms with Crippen molar-refractivity contribution in [2.75, 3.05) is 30.6 Å². The Balaban J connectivity index is 1.51. The molecule has 1 unspecified atom stereocenters. The lowest BCUT2D eigenvalue weighted by molar-refractivity contribution is -0.123. The van der Waals surface area contributed by atoms with Crippen LogP contribution in [0.5, 0.6) is 0 Å². The fourth-order valence-corrected chi connectivity index (χ4v) is 5.21. The maximum atomic E-state index is 13.3. The van der Waals surface area contributed by atoms with Crippen molar-refractivity contribution < 1.29 is 13.2 Å². The first kappa shape index (κ1) is 22.1. The summed E-state index contributed by atoms with van der Waals surface area (Å²) in [6, 6.07) is 15.6. The summed E-state index contributed by atoms with van der Waals surface area (Å²) in [5.74, 6) is -0.0137. The molecule has 6 nitrogen and oxygen atoms in total.